The van der Waals surface area contributed by atoms with Crippen molar-refractivity contribution in [2.75, 3.05) is 0 Å². The van der Waals surface area contributed by atoms with Gasteiger partial charge in [0, 0.05) is 10.8 Å². The van der Waals surface area contributed by atoms with Crippen LogP contribution in [-0.2, 0) is 10.4 Å². The van der Waals surface area contributed by atoms with E-state index >= 15 is 0 Å². The van der Waals surface area contributed by atoms with Crippen LogP contribution in [0, 0.1) is 5.92 Å². The quantitative estimate of drug-likeness (QED) is 0.815. The molecule has 0 saturated heterocycles. The summed E-state index contributed by atoms with van der Waals surface area (Å²) in [6.45, 7) is 0. The molecular weight excluding hydrogens is 236 g/mol. The molecule has 1 heterocycles. The number of carbonyl (C=O) groups is 1. The molecule has 4 heteroatoms. The number of carboxylic acid groups (broad SMARTS) is 1. The van der Waals surface area contributed by atoms with Gasteiger partial charge in [0.1, 0.15) is 0 Å². The monoisotopic (exact) mass is 254 g/mol. The Labute approximate surface area is 105 Å². The molecule has 1 aromatic heterocycles. The van der Waals surface area contributed by atoms with Crippen LogP contribution >= 0.6 is 11.3 Å². The fraction of sp³-hybridized carbons (Fsp3) is 0.615. The van der Waals surface area contributed by atoms with Gasteiger partial charge in [-0.3, -0.25) is 0 Å². The summed E-state index contributed by atoms with van der Waals surface area (Å²) in [7, 11) is 0. The summed E-state index contributed by atoms with van der Waals surface area (Å²) in [5.41, 5.74) is -1.68. The summed E-state index contributed by atoms with van der Waals surface area (Å²) in [6.07, 6.45) is 5.95. The predicted octanol–water partition coefficient (Wildman–Crippen LogP) is 2.99. The van der Waals surface area contributed by atoms with Crippen LogP contribution < -0.4 is 0 Å². The van der Waals surface area contributed by atoms with E-state index in [9.17, 15) is 15.0 Å². The highest BCUT2D eigenvalue weighted by molar-refractivity contribution is 7.10. The van der Waals surface area contributed by atoms with Crippen LogP contribution in [0.4, 0.5) is 0 Å². The Hall–Kier alpha value is -0.870. The van der Waals surface area contributed by atoms with E-state index in [4.69, 9.17) is 0 Å². The van der Waals surface area contributed by atoms with Crippen LogP contribution in [0.15, 0.2) is 17.5 Å². The lowest BCUT2D eigenvalue weighted by atomic mass is 9.81. The number of hydrogen-bond acceptors (Lipinski definition) is 3. The minimum atomic E-state index is -1.68. The Kier molecular flexibility index (Phi) is 3.84. The highest BCUT2D eigenvalue weighted by Gasteiger charge is 2.46. The average molecular weight is 254 g/mol. The first-order chi connectivity index (χ1) is 8.15. The van der Waals surface area contributed by atoms with E-state index in [-0.39, 0.29) is 5.92 Å². The maximum Gasteiger partial charge on any atom is 0.341 e. The molecule has 1 unspecified atom stereocenters. The highest BCUT2D eigenvalue weighted by Crippen LogP contribution is 2.40. The molecule has 2 rings (SSSR count). The van der Waals surface area contributed by atoms with Crippen molar-refractivity contribution >= 4 is 17.3 Å². The van der Waals surface area contributed by atoms with Crippen molar-refractivity contribution in [1.82, 2.24) is 0 Å². The Morgan fingerprint density at radius 1 is 1.29 bits per heavy atom. The highest BCUT2D eigenvalue weighted by atomic mass is 32.1. The largest absolute Gasteiger partial charge is 0.479 e. The van der Waals surface area contributed by atoms with Gasteiger partial charge in [-0.25, -0.2) is 4.79 Å². The molecule has 2 N–H and O–H groups in total. The van der Waals surface area contributed by atoms with Gasteiger partial charge in [-0.15, -0.1) is 11.3 Å². The summed E-state index contributed by atoms with van der Waals surface area (Å²) in [4.78, 5) is 12.1. The maximum atomic E-state index is 11.5. The molecule has 1 fully saturated rings. The van der Waals surface area contributed by atoms with Crippen molar-refractivity contribution in [1.29, 1.82) is 0 Å². The van der Waals surface area contributed by atoms with Gasteiger partial charge in [0.15, 0.2) is 5.60 Å². The molecule has 3 nitrogen and oxygen atoms in total. The molecule has 94 valence electrons. The van der Waals surface area contributed by atoms with Crippen LogP contribution in [0.2, 0.25) is 0 Å². The lowest BCUT2D eigenvalue weighted by Crippen LogP contribution is -2.42. The molecule has 0 amide bonds. The van der Waals surface area contributed by atoms with Crippen LogP contribution in [0.1, 0.15) is 43.4 Å². The van der Waals surface area contributed by atoms with Crippen molar-refractivity contribution in [2.45, 2.75) is 44.1 Å². The third-order valence-corrected chi connectivity index (χ3v) is 4.66. The molecule has 1 saturated carbocycles. The summed E-state index contributed by atoms with van der Waals surface area (Å²) >= 11 is 1.33. The van der Waals surface area contributed by atoms with Crippen LogP contribution in [0.3, 0.4) is 0 Å². The van der Waals surface area contributed by atoms with Gasteiger partial charge >= 0.3 is 5.97 Å². The first-order valence-corrected chi connectivity index (χ1v) is 7.03. The van der Waals surface area contributed by atoms with Gasteiger partial charge in [-0.05, 0) is 24.3 Å². The molecule has 17 heavy (non-hydrogen) atoms. The standard InChI is InChI=1S/C13H18O3S/c14-12(15)13(16,11-8-5-9-17-11)10-6-3-1-2-4-7-10/h5,8-10,16H,1-4,6-7H2,(H,14,15). The Morgan fingerprint density at radius 2 is 1.94 bits per heavy atom. The van der Waals surface area contributed by atoms with Gasteiger partial charge < -0.3 is 10.2 Å². The number of aliphatic hydroxyl groups is 1. The van der Waals surface area contributed by atoms with Crippen molar-refractivity contribution in [2.24, 2.45) is 5.92 Å². The molecule has 1 aliphatic rings. The molecule has 1 atom stereocenters. The fourth-order valence-corrected chi connectivity index (χ4v) is 3.57. The third-order valence-electron chi connectivity index (χ3n) is 3.67. The molecule has 1 aliphatic carbocycles. The maximum absolute atomic E-state index is 11.5. The minimum absolute atomic E-state index is 0.152. The van der Waals surface area contributed by atoms with Crippen molar-refractivity contribution in [3.63, 3.8) is 0 Å². The van der Waals surface area contributed by atoms with E-state index < -0.39 is 11.6 Å². The number of carboxylic acids is 1. The minimum Gasteiger partial charge on any atom is -0.479 e. The second-order valence-corrected chi connectivity index (χ2v) is 5.69. The predicted molar refractivity (Wildman–Crippen MR) is 67.0 cm³/mol. The summed E-state index contributed by atoms with van der Waals surface area (Å²) in [6, 6.07) is 3.52. The van der Waals surface area contributed by atoms with E-state index in [1.54, 1.807) is 12.1 Å². The summed E-state index contributed by atoms with van der Waals surface area (Å²) < 4.78 is 0. The fourth-order valence-electron chi connectivity index (χ4n) is 2.67. The van der Waals surface area contributed by atoms with Crippen molar-refractivity contribution < 1.29 is 15.0 Å². The third kappa shape index (κ3) is 2.38. The molecule has 0 bridgehead atoms. The summed E-state index contributed by atoms with van der Waals surface area (Å²) in [5, 5.41) is 21.8. The zero-order chi connectivity index (χ0) is 12.3. The lowest BCUT2D eigenvalue weighted by molar-refractivity contribution is -0.167. The Balaban J connectivity index is 2.30. The molecule has 0 radical (unpaired) electrons. The van der Waals surface area contributed by atoms with Gasteiger partial charge in [-0.2, -0.15) is 0 Å². The second kappa shape index (κ2) is 5.19. The first kappa shape index (κ1) is 12.6. The zero-order valence-corrected chi connectivity index (χ0v) is 10.6. The van der Waals surface area contributed by atoms with Crippen LogP contribution in [0.5, 0.6) is 0 Å². The SMILES string of the molecule is O=C(O)C(O)(c1cccs1)C1CCCCCC1. The Morgan fingerprint density at radius 3 is 2.41 bits per heavy atom. The average Bonchev–Trinajstić information content (AvgIpc) is 2.70. The number of thiophene rings is 1. The zero-order valence-electron chi connectivity index (χ0n) is 9.76. The van der Waals surface area contributed by atoms with Crippen LogP contribution in [0.25, 0.3) is 0 Å². The van der Waals surface area contributed by atoms with E-state index in [2.05, 4.69) is 0 Å². The molecule has 1 aromatic rings. The second-order valence-electron chi connectivity index (χ2n) is 4.74. The molecule has 0 aromatic carbocycles. The normalized spacial score (nSPS) is 21.7. The molecule has 0 spiro atoms. The van der Waals surface area contributed by atoms with Gasteiger partial charge in [0.25, 0.3) is 0 Å². The first-order valence-electron chi connectivity index (χ1n) is 6.15. The number of hydrogen-bond donors (Lipinski definition) is 2. The van der Waals surface area contributed by atoms with E-state index in [0.29, 0.717) is 4.88 Å². The van der Waals surface area contributed by atoms with Gasteiger partial charge in [0.2, 0.25) is 0 Å². The molecular formula is C13H18O3S. The van der Waals surface area contributed by atoms with E-state index in [1.807, 2.05) is 5.38 Å². The smallest absolute Gasteiger partial charge is 0.341 e. The number of rotatable bonds is 3. The van der Waals surface area contributed by atoms with E-state index in [1.165, 1.54) is 11.3 Å². The Bertz CT molecular complexity index is 366. The van der Waals surface area contributed by atoms with Crippen LogP contribution in [-0.4, -0.2) is 16.2 Å². The van der Waals surface area contributed by atoms with Crippen molar-refractivity contribution in [3.8, 4) is 0 Å². The molecule has 0 aliphatic heterocycles. The van der Waals surface area contributed by atoms with E-state index in [0.717, 1.165) is 38.5 Å². The number of aliphatic carboxylic acids is 1. The summed E-state index contributed by atoms with van der Waals surface area (Å²) in [5.74, 6) is -1.26. The van der Waals surface area contributed by atoms with Gasteiger partial charge in [-0.1, -0.05) is 31.7 Å². The lowest BCUT2D eigenvalue weighted by Gasteiger charge is -2.31. The van der Waals surface area contributed by atoms with Gasteiger partial charge in [0.05, 0.1) is 0 Å². The topological polar surface area (TPSA) is 57.5 Å². The van der Waals surface area contributed by atoms with Crippen molar-refractivity contribution in [3.05, 3.63) is 22.4 Å².